The van der Waals surface area contributed by atoms with Crippen LogP contribution in [0.5, 0.6) is 0 Å². The molecule has 4 rings (SSSR count). The van der Waals surface area contributed by atoms with Gasteiger partial charge in [0.15, 0.2) is 0 Å². The molecule has 6 heteroatoms. The van der Waals surface area contributed by atoms with Crippen molar-refractivity contribution in [1.82, 2.24) is 14.5 Å². The molecule has 0 aliphatic carbocycles. The van der Waals surface area contributed by atoms with Crippen LogP contribution >= 0.6 is 0 Å². The number of rotatable bonds is 10. The summed E-state index contributed by atoms with van der Waals surface area (Å²) in [6.45, 7) is 15.4. The Morgan fingerprint density at radius 1 is 1.03 bits per heavy atom. The lowest BCUT2D eigenvalue weighted by atomic mass is 9.84. The Labute approximate surface area is 223 Å². The summed E-state index contributed by atoms with van der Waals surface area (Å²) in [6.07, 6.45) is 3.27. The number of carbonyl (C=O) groups is 1. The Bertz CT molecular complexity index is 1110. The molecule has 1 aliphatic heterocycles. The maximum Gasteiger partial charge on any atom is 0.315 e. The highest BCUT2D eigenvalue weighted by molar-refractivity contribution is 5.82. The highest BCUT2D eigenvalue weighted by Crippen LogP contribution is 2.30. The van der Waals surface area contributed by atoms with E-state index in [-0.39, 0.29) is 5.97 Å². The summed E-state index contributed by atoms with van der Waals surface area (Å²) in [5.74, 6) is 1.49. The van der Waals surface area contributed by atoms with E-state index in [4.69, 9.17) is 14.5 Å². The average Bonchev–Trinajstić information content (AvgIpc) is 3.31. The molecule has 0 radical (unpaired) electrons. The molecular weight excluding hydrogens is 462 g/mol. The summed E-state index contributed by atoms with van der Waals surface area (Å²) in [5.41, 5.74) is 3.95. The lowest BCUT2D eigenvalue weighted by Gasteiger charge is -2.32. The smallest absolute Gasteiger partial charge is 0.315 e. The number of hydrogen-bond donors (Lipinski definition) is 0. The van der Waals surface area contributed by atoms with Crippen molar-refractivity contribution in [3.63, 3.8) is 0 Å². The zero-order valence-electron chi connectivity index (χ0n) is 23.6. The molecule has 202 valence electrons. The third-order valence-electron chi connectivity index (χ3n) is 7.39. The Balaban J connectivity index is 0.00000186. The number of carbonyl (C=O) groups excluding carboxylic acids is 1. The van der Waals surface area contributed by atoms with Crippen LogP contribution < -0.4 is 0 Å². The number of para-hydroxylation sites is 2. The number of esters is 1. The van der Waals surface area contributed by atoms with Crippen molar-refractivity contribution in [2.24, 2.45) is 0 Å². The third kappa shape index (κ3) is 6.99. The summed E-state index contributed by atoms with van der Waals surface area (Å²) in [7, 11) is 1.44. The SMILES string of the molecule is CC.CCOCCn1c(C2CCN(CCc3ccc(C(C)(C)C(=O)OC)cc3)CC2)nc2ccccc21. The van der Waals surface area contributed by atoms with Gasteiger partial charge in [0.05, 0.1) is 30.2 Å². The van der Waals surface area contributed by atoms with Gasteiger partial charge in [0.1, 0.15) is 5.82 Å². The number of piperidine rings is 1. The number of methoxy groups -OCH3 is 1. The van der Waals surface area contributed by atoms with Crippen LogP contribution in [0.4, 0.5) is 0 Å². The lowest BCUT2D eigenvalue weighted by molar-refractivity contribution is -0.146. The first-order valence-electron chi connectivity index (χ1n) is 13.9. The molecule has 0 saturated carbocycles. The normalized spacial score (nSPS) is 14.9. The maximum atomic E-state index is 12.1. The number of imidazole rings is 1. The van der Waals surface area contributed by atoms with Gasteiger partial charge >= 0.3 is 5.97 Å². The van der Waals surface area contributed by atoms with Crippen LogP contribution in [0.3, 0.4) is 0 Å². The van der Waals surface area contributed by atoms with E-state index in [0.717, 1.165) is 69.7 Å². The second-order valence-corrected chi connectivity index (χ2v) is 9.99. The van der Waals surface area contributed by atoms with Crippen molar-refractivity contribution in [3.05, 3.63) is 65.5 Å². The maximum absolute atomic E-state index is 12.1. The number of benzene rings is 2. The van der Waals surface area contributed by atoms with Gasteiger partial charge in [-0.1, -0.05) is 50.2 Å². The largest absolute Gasteiger partial charge is 0.468 e. The Hall–Kier alpha value is -2.70. The molecule has 0 unspecified atom stereocenters. The van der Waals surface area contributed by atoms with Gasteiger partial charge in [-0.05, 0) is 76.4 Å². The van der Waals surface area contributed by atoms with E-state index in [1.54, 1.807) is 0 Å². The van der Waals surface area contributed by atoms with Gasteiger partial charge in [-0.2, -0.15) is 0 Å². The number of fused-ring (bicyclic) bond motifs is 1. The summed E-state index contributed by atoms with van der Waals surface area (Å²) in [5, 5.41) is 0. The predicted octanol–water partition coefficient (Wildman–Crippen LogP) is 5.97. The molecule has 37 heavy (non-hydrogen) atoms. The third-order valence-corrected chi connectivity index (χ3v) is 7.39. The van der Waals surface area contributed by atoms with Crippen molar-refractivity contribution >= 4 is 17.0 Å². The molecule has 0 N–H and O–H groups in total. The van der Waals surface area contributed by atoms with E-state index in [0.29, 0.717) is 5.92 Å². The van der Waals surface area contributed by atoms with Crippen LogP contribution in [0, 0.1) is 0 Å². The van der Waals surface area contributed by atoms with Crippen LogP contribution in [0.1, 0.15) is 70.3 Å². The highest BCUT2D eigenvalue weighted by Gasteiger charge is 2.30. The second kappa shape index (κ2) is 13.7. The number of ether oxygens (including phenoxy) is 2. The number of aromatic nitrogens is 2. The molecule has 0 bridgehead atoms. The van der Waals surface area contributed by atoms with Crippen molar-refractivity contribution in [1.29, 1.82) is 0 Å². The van der Waals surface area contributed by atoms with Gasteiger partial charge in [-0.15, -0.1) is 0 Å². The zero-order chi connectivity index (χ0) is 26.8. The molecule has 3 aromatic rings. The molecular formula is C31H45N3O3. The molecule has 1 fully saturated rings. The number of likely N-dealkylation sites (tertiary alicyclic amines) is 1. The molecule has 0 spiro atoms. The van der Waals surface area contributed by atoms with E-state index in [1.807, 2.05) is 34.6 Å². The second-order valence-electron chi connectivity index (χ2n) is 9.99. The van der Waals surface area contributed by atoms with E-state index in [9.17, 15) is 4.79 Å². The molecule has 2 aromatic carbocycles. The average molecular weight is 508 g/mol. The van der Waals surface area contributed by atoms with Crippen LogP contribution in [0.2, 0.25) is 0 Å². The quantitative estimate of drug-likeness (QED) is 0.250. The van der Waals surface area contributed by atoms with Gasteiger partial charge in [-0.25, -0.2) is 4.98 Å². The van der Waals surface area contributed by atoms with Gasteiger partial charge in [-0.3, -0.25) is 4.79 Å². The Morgan fingerprint density at radius 3 is 2.35 bits per heavy atom. The summed E-state index contributed by atoms with van der Waals surface area (Å²) in [6, 6.07) is 16.9. The molecule has 0 amide bonds. The minimum absolute atomic E-state index is 0.209. The zero-order valence-corrected chi connectivity index (χ0v) is 23.6. The first-order valence-corrected chi connectivity index (χ1v) is 13.9. The van der Waals surface area contributed by atoms with Crippen LogP contribution in [-0.4, -0.2) is 60.4 Å². The molecule has 6 nitrogen and oxygen atoms in total. The van der Waals surface area contributed by atoms with E-state index in [2.05, 4.69) is 58.0 Å². The number of hydrogen-bond acceptors (Lipinski definition) is 5. The van der Waals surface area contributed by atoms with Crippen molar-refractivity contribution in [2.75, 3.05) is 40.0 Å². The summed E-state index contributed by atoms with van der Waals surface area (Å²) in [4.78, 5) is 19.7. The summed E-state index contributed by atoms with van der Waals surface area (Å²) >= 11 is 0. The van der Waals surface area contributed by atoms with Gasteiger partial charge < -0.3 is 18.9 Å². The van der Waals surface area contributed by atoms with E-state index >= 15 is 0 Å². The van der Waals surface area contributed by atoms with Crippen LogP contribution in [0.15, 0.2) is 48.5 Å². The minimum Gasteiger partial charge on any atom is -0.468 e. The fourth-order valence-electron chi connectivity index (χ4n) is 5.10. The molecule has 1 saturated heterocycles. The minimum atomic E-state index is -0.631. The molecule has 1 aromatic heterocycles. The Kier molecular flexibility index (Phi) is 10.7. The first kappa shape index (κ1) is 28.9. The van der Waals surface area contributed by atoms with Gasteiger partial charge in [0.2, 0.25) is 0 Å². The molecule has 2 heterocycles. The van der Waals surface area contributed by atoms with Crippen molar-refractivity contribution < 1.29 is 14.3 Å². The van der Waals surface area contributed by atoms with Gasteiger partial charge in [0, 0.05) is 25.6 Å². The molecule has 0 atom stereocenters. The first-order chi connectivity index (χ1) is 17.9. The fourth-order valence-corrected chi connectivity index (χ4v) is 5.10. The van der Waals surface area contributed by atoms with E-state index < -0.39 is 5.41 Å². The highest BCUT2D eigenvalue weighted by atomic mass is 16.5. The van der Waals surface area contributed by atoms with Crippen molar-refractivity contribution in [3.8, 4) is 0 Å². The number of nitrogens with zero attached hydrogens (tertiary/aromatic N) is 3. The Morgan fingerprint density at radius 2 is 1.70 bits per heavy atom. The van der Waals surface area contributed by atoms with E-state index in [1.165, 1.54) is 24.0 Å². The van der Waals surface area contributed by atoms with Crippen LogP contribution in [-0.2, 0) is 32.6 Å². The fraction of sp³-hybridized carbons (Fsp3) is 0.548. The van der Waals surface area contributed by atoms with Crippen LogP contribution in [0.25, 0.3) is 11.0 Å². The molecule has 1 aliphatic rings. The van der Waals surface area contributed by atoms with Gasteiger partial charge in [0.25, 0.3) is 0 Å². The monoisotopic (exact) mass is 507 g/mol. The predicted molar refractivity (Wildman–Crippen MR) is 151 cm³/mol. The lowest BCUT2D eigenvalue weighted by Crippen LogP contribution is -2.35. The topological polar surface area (TPSA) is 56.6 Å². The standard InChI is InChI=1S/C29H39N3O3.C2H6/c1-5-35-21-20-32-26-9-7-6-8-25(26)30-27(32)23-15-18-31(19-16-23)17-14-22-10-12-24(13-11-22)29(2,3)28(33)34-4;1-2/h6-13,23H,5,14-21H2,1-4H3;1-2H3. The van der Waals surface area contributed by atoms with Crippen molar-refractivity contribution in [2.45, 2.75) is 71.8 Å². The summed E-state index contributed by atoms with van der Waals surface area (Å²) < 4.78 is 13.0.